The third-order valence-corrected chi connectivity index (χ3v) is 4.53. The second-order valence-electron chi connectivity index (χ2n) is 4.67. The number of carbonyl (C=O) groups is 1. The number of aryl methyl sites for hydroxylation is 2. The zero-order valence-electron chi connectivity index (χ0n) is 11.8. The van der Waals surface area contributed by atoms with E-state index in [0.717, 1.165) is 16.4 Å². The number of nitrogens with zero attached hydrogens (tertiary/aromatic N) is 2. The Morgan fingerprint density at radius 3 is 2.73 bits per heavy atom. The van der Waals surface area contributed by atoms with E-state index in [4.69, 9.17) is 0 Å². The van der Waals surface area contributed by atoms with E-state index < -0.39 is 11.5 Å². The fraction of sp³-hybridized carbons (Fsp3) is 0.143. The Morgan fingerprint density at radius 1 is 1.23 bits per heavy atom. The molecule has 6 nitrogen and oxygen atoms in total. The monoisotopic (exact) mass is 332 g/mol. The van der Waals surface area contributed by atoms with Gasteiger partial charge in [0.1, 0.15) is 5.56 Å². The molecule has 0 aliphatic heterocycles. The summed E-state index contributed by atoms with van der Waals surface area (Å²) in [5.41, 5.74) is 0.332. The van der Waals surface area contributed by atoms with Crippen molar-refractivity contribution in [3.63, 3.8) is 0 Å². The van der Waals surface area contributed by atoms with Crippen LogP contribution in [0.3, 0.4) is 0 Å². The van der Waals surface area contributed by atoms with Crippen LogP contribution in [0.5, 0.6) is 0 Å². The molecule has 3 rings (SSSR count). The third-order valence-electron chi connectivity index (χ3n) is 2.91. The highest BCUT2D eigenvalue weighted by atomic mass is 32.1. The Kier molecular flexibility index (Phi) is 3.86. The molecule has 0 aliphatic rings. The van der Waals surface area contributed by atoms with Crippen LogP contribution in [-0.2, 0) is 0 Å². The summed E-state index contributed by atoms with van der Waals surface area (Å²) in [6.45, 7) is 3.76. The van der Waals surface area contributed by atoms with Gasteiger partial charge in [0.15, 0.2) is 5.82 Å². The molecule has 0 aromatic carbocycles. The first kappa shape index (κ1) is 14.6. The van der Waals surface area contributed by atoms with E-state index in [0.29, 0.717) is 16.6 Å². The SMILES string of the molecule is Cc1ccc(C(=O)Nc2nc(-c3ccc(C)s3)ns2)c(=O)[nH]1. The predicted octanol–water partition coefficient (Wildman–Crippen LogP) is 2.82. The first-order valence-electron chi connectivity index (χ1n) is 6.45. The van der Waals surface area contributed by atoms with Crippen molar-refractivity contribution in [2.24, 2.45) is 0 Å². The van der Waals surface area contributed by atoms with Crippen molar-refractivity contribution in [3.8, 4) is 10.7 Å². The number of amides is 1. The molecule has 2 N–H and O–H groups in total. The van der Waals surface area contributed by atoms with Gasteiger partial charge in [-0.15, -0.1) is 11.3 Å². The van der Waals surface area contributed by atoms with Gasteiger partial charge in [-0.2, -0.15) is 9.36 Å². The second kappa shape index (κ2) is 5.82. The molecular weight excluding hydrogens is 320 g/mol. The summed E-state index contributed by atoms with van der Waals surface area (Å²) in [6.07, 6.45) is 0. The molecule has 0 fully saturated rings. The van der Waals surface area contributed by atoms with Crippen molar-refractivity contribution >= 4 is 33.9 Å². The lowest BCUT2D eigenvalue weighted by Crippen LogP contribution is -2.23. The molecule has 0 radical (unpaired) electrons. The van der Waals surface area contributed by atoms with Crippen LogP contribution in [0, 0.1) is 13.8 Å². The van der Waals surface area contributed by atoms with E-state index in [2.05, 4.69) is 19.7 Å². The maximum absolute atomic E-state index is 12.1. The number of hydrogen-bond acceptors (Lipinski definition) is 6. The number of rotatable bonds is 3. The second-order valence-corrected chi connectivity index (χ2v) is 6.71. The highest BCUT2D eigenvalue weighted by Gasteiger charge is 2.14. The lowest BCUT2D eigenvalue weighted by molar-refractivity contribution is 0.102. The van der Waals surface area contributed by atoms with Crippen LogP contribution >= 0.6 is 22.9 Å². The van der Waals surface area contributed by atoms with Crippen molar-refractivity contribution in [1.82, 2.24) is 14.3 Å². The van der Waals surface area contributed by atoms with Crippen LogP contribution < -0.4 is 10.9 Å². The lowest BCUT2D eigenvalue weighted by atomic mass is 10.2. The van der Waals surface area contributed by atoms with Crippen molar-refractivity contribution < 1.29 is 4.79 Å². The van der Waals surface area contributed by atoms with Gasteiger partial charge >= 0.3 is 0 Å². The Labute approximate surface area is 134 Å². The number of aromatic nitrogens is 3. The molecule has 0 spiro atoms. The average molecular weight is 332 g/mol. The lowest BCUT2D eigenvalue weighted by Gasteiger charge is -2.00. The van der Waals surface area contributed by atoms with E-state index in [9.17, 15) is 9.59 Å². The summed E-state index contributed by atoms with van der Waals surface area (Å²) in [5.74, 6) is 0.0857. The number of H-pyrrole nitrogens is 1. The molecule has 112 valence electrons. The standard InChI is InChI=1S/C14H12N4O2S2/c1-7-3-5-9(12(19)15-7)13(20)17-14-16-11(18-22-14)10-6-4-8(2)21-10/h3-6H,1-2H3,(H,15,19)(H,16,17,18,20). The fourth-order valence-electron chi connectivity index (χ4n) is 1.84. The van der Waals surface area contributed by atoms with Crippen molar-refractivity contribution in [2.75, 3.05) is 5.32 Å². The molecular formula is C14H12N4O2S2. The Bertz CT molecular complexity index is 894. The minimum atomic E-state index is -0.494. The van der Waals surface area contributed by atoms with Crippen molar-refractivity contribution in [3.05, 3.63) is 50.8 Å². The number of carbonyl (C=O) groups excluding carboxylic acids is 1. The molecule has 3 aromatic heterocycles. The summed E-state index contributed by atoms with van der Waals surface area (Å²) >= 11 is 2.67. The molecule has 0 atom stereocenters. The van der Waals surface area contributed by atoms with Gasteiger partial charge < -0.3 is 4.98 Å². The minimum absolute atomic E-state index is 0.0503. The van der Waals surface area contributed by atoms with E-state index in [1.807, 2.05) is 19.1 Å². The summed E-state index contributed by atoms with van der Waals surface area (Å²) in [7, 11) is 0. The number of hydrogen-bond donors (Lipinski definition) is 2. The van der Waals surface area contributed by atoms with Gasteiger partial charge in [0.25, 0.3) is 11.5 Å². The highest BCUT2D eigenvalue weighted by Crippen LogP contribution is 2.27. The minimum Gasteiger partial charge on any atom is -0.326 e. The van der Waals surface area contributed by atoms with E-state index in [1.54, 1.807) is 24.3 Å². The van der Waals surface area contributed by atoms with Gasteiger partial charge in [0.2, 0.25) is 5.13 Å². The first-order chi connectivity index (χ1) is 10.5. The van der Waals surface area contributed by atoms with Gasteiger partial charge in [-0.1, -0.05) is 0 Å². The third kappa shape index (κ3) is 2.97. The maximum Gasteiger partial charge on any atom is 0.263 e. The number of thiophene rings is 1. The Hall–Kier alpha value is -2.32. The van der Waals surface area contributed by atoms with Crippen LogP contribution in [-0.4, -0.2) is 20.2 Å². The number of anilines is 1. The van der Waals surface area contributed by atoms with Crippen LogP contribution in [0.2, 0.25) is 0 Å². The summed E-state index contributed by atoms with van der Waals surface area (Å²) in [6, 6.07) is 7.10. The molecule has 0 bridgehead atoms. The van der Waals surface area contributed by atoms with Crippen LogP contribution in [0.1, 0.15) is 20.9 Å². The van der Waals surface area contributed by atoms with Crippen LogP contribution in [0.15, 0.2) is 29.1 Å². The van der Waals surface area contributed by atoms with E-state index in [1.165, 1.54) is 10.9 Å². The van der Waals surface area contributed by atoms with Crippen LogP contribution in [0.25, 0.3) is 10.7 Å². The van der Waals surface area contributed by atoms with E-state index >= 15 is 0 Å². The van der Waals surface area contributed by atoms with Gasteiger partial charge in [-0.25, -0.2) is 0 Å². The molecule has 3 heterocycles. The zero-order valence-corrected chi connectivity index (χ0v) is 13.5. The van der Waals surface area contributed by atoms with Gasteiger partial charge in [0, 0.05) is 22.1 Å². The van der Waals surface area contributed by atoms with Crippen molar-refractivity contribution in [1.29, 1.82) is 0 Å². The van der Waals surface area contributed by atoms with Crippen molar-refractivity contribution in [2.45, 2.75) is 13.8 Å². The summed E-state index contributed by atoms with van der Waals surface area (Å²) < 4.78 is 4.22. The maximum atomic E-state index is 12.1. The highest BCUT2D eigenvalue weighted by molar-refractivity contribution is 7.15. The molecule has 8 heteroatoms. The molecule has 0 saturated heterocycles. The van der Waals surface area contributed by atoms with Gasteiger partial charge in [-0.3, -0.25) is 14.9 Å². The molecule has 0 aliphatic carbocycles. The summed E-state index contributed by atoms with van der Waals surface area (Å²) in [4.78, 5) is 32.8. The smallest absolute Gasteiger partial charge is 0.263 e. The van der Waals surface area contributed by atoms with Gasteiger partial charge in [-0.05, 0) is 38.1 Å². The molecule has 0 saturated carbocycles. The Balaban J connectivity index is 1.80. The van der Waals surface area contributed by atoms with Crippen LogP contribution in [0.4, 0.5) is 5.13 Å². The number of aromatic amines is 1. The van der Waals surface area contributed by atoms with Gasteiger partial charge in [0.05, 0.1) is 4.88 Å². The quantitative estimate of drug-likeness (QED) is 0.772. The average Bonchev–Trinajstić information content (AvgIpc) is 3.07. The normalized spacial score (nSPS) is 10.6. The topological polar surface area (TPSA) is 87.7 Å². The Morgan fingerprint density at radius 2 is 2.05 bits per heavy atom. The fourth-order valence-corrected chi connectivity index (χ4v) is 3.28. The van der Waals surface area contributed by atoms with E-state index in [-0.39, 0.29) is 5.56 Å². The molecule has 22 heavy (non-hydrogen) atoms. The first-order valence-corrected chi connectivity index (χ1v) is 8.04. The largest absolute Gasteiger partial charge is 0.326 e. The number of nitrogens with one attached hydrogen (secondary N) is 2. The number of pyridine rings is 1. The predicted molar refractivity (Wildman–Crippen MR) is 87.7 cm³/mol. The summed E-state index contributed by atoms with van der Waals surface area (Å²) in [5, 5.41) is 2.97. The molecule has 0 unspecified atom stereocenters. The zero-order chi connectivity index (χ0) is 15.7. The molecule has 3 aromatic rings. The molecule has 1 amide bonds.